The van der Waals surface area contributed by atoms with Crippen molar-refractivity contribution in [2.45, 2.75) is 26.3 Å². The molecule has 0 bridgehead atoms. The van der Waals surface area contributed by atoms with Crippen LogP contribution in [0.25, 0.3) is 0 Å². The molecule has 1 atom stereocenters. The Labute approximate surface area is 149 Å². The molecule has 0 spiro atoms. The average molecular weight is 340 g/mol. The lowest BCUT2D eigenvalue weighted by Gasteiger charge is -2.32. The summed E-state index contributed by atoms with van der Waals surface area (Å²) in [5.41, 5.74) is 3.44. The highest BCUT2D eigenvalue weighted by atomic mass is 32.1. The van der Waals surface area contributed by atoms with E-state index in [0.717, 1.165) is 18.2 Å². The Morgan fingerprint density at radius 2 is 2.12 bits per heavy atom. The number of benzene rings is 1. The van der Waals surface area contributed by atoms with E-state index in [2.05, 4.69) is 51.7 Å². The number of thiocarbonyl (C=S) groups is 1. The summed E-state index contributed by atoms with van der Waals surface area (Å²) < 4.78 is 0. The second-order valence-electron chi connectivity index (χ2n) is 6.41. The van der Waals surface area contributed by atoms with Gasteiger partial charge in [-0.25, -0.2) is 0 Å². The SMILES string of the molecule is CC1CCCN(c2ccc(CNC(=S)Nc3cccnc3)cc2)C1. The van der Waals surface area contributed by atoms with Gasteiger partial charge in [0.05, 0.1) is 11.9 Å². The molecule has 2 aromatic rings. The molecule has 2 N–H and O–H groups in total. The minimum absolute atomic E-state index is 0.608. The zero-order valence-electron chi connectivity index (χ0n) is 14.0. The maximum atomic E-state index is 5.32. The lowest BCUT2D eigenvalue weighted by Crippen LogP contribution is -2.34. The summed E-state index contributed by atoms with van der Waals surface area (Å²) in [5, 5.41) is 6.97. The fraction of sp³-hybridized carbons (Fsp3) is 0.368. The van der Waals surface area contributed by atoms with E-state index >= 15 is 0 Å². The molecule has 1 aliphatic rings. The van der Waals surface area contributed by atoms with Crippen LogP contribution in [0.1, 0.15) is 25.3 Å². The van der Waals surface area contributed by atoms with Crippen LogP contribution < -0.4 is 15.5 Å². The Morgan fingerprint density at radius 3 is 2.83 bits per heavy atom. The van der Waals surface area contributed by atoms with Crippen molar-refractivity contribution in [1.29, 1.82) is 0 Å². The van der Waals surface area contributed by atoms with Crippen LogP contribution in [0, 0.1) is 5.92 Å². The monoisotopic (exact) mass is 340 g/mol. The first-order valence-electron chi connectivity index (χ1n) is 8.49. The van der Waals surface area contributed by atoms with Gasteiger partial charge in [0.1, 0.15) is 0 Å². The highest BCUT2D eigenvalue weighted by Gasteiger charge is 2.16. The Bertz CT molecular complexity index is 657. The lowest BCUT2D eigenvalue weighted by atomic mass is 9.99. The number of pyridine rings is 1. The molecule has 3 rings (SSSR count). The van der Waals surface area contributed by atoms with Gasteiger partial charge in [-0.3, -0.25) is 4.98 Å². The van der Waals surface area contributed by atoms with Crippen molar-refractivity contribution >= 4 is 28.7 Å². The van der Waals surface area contributed by atoms with Crippen molar-refractivity contribution < 1.29 is 0 Å². The normalized spacial score (nSPS) is 17.4. The molecule has 0 amide bonds. The molecule has 0 radical (unpaired) electrons. The Kier molecular flexibility index (Phi) is 5.64. The van der Waals surface area contributed by atoms with Crippen molar-refractivity contribution in [1.82, 2.24) is 10.3 Å². The molecule has 1 aliphatic heterocycles. The molecule has 1 saturated heterocycles. The number of hydrogen-bond acceptors (Lipinski definition) is 3. The van der Waals surface area contributed by atoms with Gasteiger partial charge in [-0.15, -0.1) is 0 Å². The molecule has 24 heavy (non-hydrogen) atoms. The molecule has 2 heterocycles. The first-order valence-corrected chi connectivity index (χ1v) is 8.90. The number of nitrogens with one attached hydrogen (secondary N) is 2. The zero-order valence-corrected chi connectivity index (χ0v) is 14.9. The summed E-state index contributed by atoms with van der Waals surface area (Å²) in [6.45, 7) is 5.38. The topological polar surface area (TPSA) is 40.2 Å². The molecular weight excluding hydrogens is 316 g/mol. The predicted octanol–water partition coefficient (Wildman–Crippen LogP) is 3.80. The van der Waals surface area contributed by atoms with E-state index in [1.54, 1.807) is 12.4 Å². The molecular formula is C19H24N4S. The maximum Gasteiger partial charge on any atom is 0.171 e. The highest BCUT2D eigenvalue weighted by Crippen LogP contribution is 2.23. The highest BCUT2D eigenvalue weighted by molar-refractivity contribution is 7.80. The summed E-state index contributed by atoms with van der Waals surface area (Å²) in [4.78, 5) is 6.55. The van der Waals surface area contributed by atoms with Crippen LogP contribution in [-0.2, 0) is 6.54 Å². The van der Waals surface area contributed by atoms with Gasteiger partial charge in [-0.2, -0.15) is 0 Å². The van der Waals surface area contributed by atoms with Gasteiger partial charge in [-0.05, 0) is 60.8 Å². The van der Waals surface area contributed by atoms with Gasteiger partial charge in [0.25, 0.3) is 0 Å². The minimum Gasteiger partial charge on any atom is -0.371 e. The Balaban J connectivity index is 1.50. The van der Waals surface area contributed by atoms with Gasteiger partial charge >= 0.3 is 0 Å². The predicted molar refractivity (Wildman–Crippen MR) is 104 cm³/mol. The average Bonchev–Trinajstić information content (AvgIpc) is 2.61. The number of piperidine rings is 1. The summed E-state index contributed by atoms with van der Waals surface area (Å²) >= 11 is 5.32. The third-order valence-corrected chi connectivity index (χ3v) is 4.58. The van der Waals surface area contributed by atoms with Gasteiger partial charge < -0.3 is 15.5 Å². The van der Waals surface area contributed by atoms with E-state index in [9.17, 15) is 0 Å². The number of anilines is 2. The van der Waals surface area contributed by atoms with Crippen LogP contribution >= 0.6 is 12.2 Å². The lowest BCUT2D eigenvalue weighted by molar-refractivity contribution is 0.447. The fourth-order valence-corrected chi connectivity index (χ4v) is 3.23. The molecule has 1 aromatic heterocycles. The Hall–Kier alpha value is -2.14. The van der Waals surface area contributed by atoms with Crippen LogP contribution in [0.3, 0.4) is 0 Å². The summed E-state index contributed by atoms with van der Waals surface area (Å²) in [6, 6.07) is 12.6. The molecule has 1 aromatic carbocycles. The molecule has 1 unspecified atom stereocenters. The first-order chi connectivity index (χ1) is 11.7. The molecule has 5 heteroatoms. The third-order valence-electron chi connectivity index (χ3n) is 4.33. The van der Waals surface area contributed by atoms with E-state index in [4.69, 9.17) is 12.2 Å². The van der Waals surface area contributed by atoms with E-state index in [0.29, 0.717) is 11.7 Å². The third kappa shape index (κ3) is 4.68. The second-order valence-corrected chi connectivity index (χ2v) is 6.82. The standard InChI is InChI=1S/C19H24N4S/c1-15-4-3-11-23(14-15)18-8-6-16(7-9-18)12-21-19(24)22-17-5-2-10-20-13-17/h2,5-10,13,15H,3-4,11-12,14H2,1H3,(H2,21,22,24). The zero-order chi connectivity index (χ0) is 16.8. The quantitative estimate of drug-likeness (QED) is 0.829. The molecule has 126 valence electrons. The van der Waals surface area contributed by atoms with E-state index in [-0.39, 0.29) is 0 Å². The maximum absolute atomic E-state index is 5.32. The minimum atomic E-state index is 0.608. The van der Waals surface area contributed by atoms with E-state index in [1.165, 1.54) is 30.6 Å². The van der Waals surface area contributed by atoms with E-state index in [1.807, 2.05) is 12.1 Å². The number of nitrogens with zero attached hydrogens (tertiary/aromatic N) is 2. The van der Waals surface area contributed by atoms with Crippen LogP contribution in [-0.4, -0.2) is 23.2 Å². The molecule has 0 saturated carbocycles. The summed E-state index contributed by atoms with van der Waals surface area (Å²) in [6.07, 6.45) is 6.13. The van der Waals surface area contributed by atoms with Crippen LogP contribution in [0.15, 0.2) is 48.8 Å². The van der Waals surface area contributed by atoms with Crippen LogP contribution in [0.5, 0.6) is 0 Å². The van der Waals surface area contributed by atoms with Crippen molar-refractivity contribution in [3.63, 3.8) is 0 Å². The Morgan fingerprint density at radius 1 is 1.29 bits per heavy atom. The van der Waals surface area contributed by atoms with Gasteiger partial charge in [0, 0.05) is 31.5 Å². The van der Waals surface area contributed by atoms with Gasteiger partial charge in [-0.1, -0.05) is 19.1 Å². The van der Waals surface area contributed by atoms with E-state index < -0.39 is 0 Å². The number of aromatic nitrogens is 1. The number of hydrogen-bond donors (Lipinski definition) is 2. The van der Waals surface area contributed by atoms with Gasteiger partial charge in [0.15, 0.2) is 5.11 Å². The van der Waals surface area contributed by atoms with Crippen molar-refractivity contribution in [2.24, 2.45) is 5.92 Å². The second kappa shape index (κ2) is 8.11. The fourth-order valence-electron chi connectivity index (χ4n) is 3.04. The van der Waals surface area contributed by atoms with Crippen molar-refractivity contribution in [2.75, 3.05) is 23.3 Å². The molecule has 1 fully saturated rings. The smallest absolute Gasteiger partial charge is 0.171 e. The molecule has 0 aliphatic carbocycles. The van der Waals surface area contributed by atoms with Crippen molar-refractivity contribution in [3.8, 4) is 0 Å². The summed E-state index contributed by atoms with van der Waals surface area (Å²) in [5.74, 6) is 0.788. The van der Waals surface area contributed by atoms with Crippen molar-refractivity contribution in [3.05, 3.63) is 54.4 Å². The molecule has 4 nitrogen and oxygen atoms in total. The first kappa shape index (κ1) is 16.7. The van der Waals surface area contributed by atoms with Gasteiger partial charge in [0.2, 0.25) is 0 Å². The summed E-state index contributed by atoms with van der Waals surface area (Å²) in [7, 11) is 0. The largest absolute Gasteiger partial charge is 0.371 e. The van der Waals surface area contributed by atoms with Crippen LogP contribution in [0.2, 0.25) is 0 Å². The number of rotatable bonds is 4. The van der Waals surface area contributed by atoms with Crippen LogP contribution in [0.4, 0.5) is 11.4 Å².